The Morgan fingerprint density at radius 2 is 2.31 bits per heavy atom. The van der Waals surface area contributed by atoms with E-state index < -0.39 is 0 Å². The maximum absolute atomic E-state index is 11.4. The monoisotopic (exact) mass is 222 g/mol. The second-order valence-electron chi connectivity index (χ2n) is 3.61. The number of aromatic nitrogens is 1. The smallest absolute Gasteiger partial charge is 0.328 e. The lowest BCUT2D eigenvalue weighted by molar-refractivity contribution is -0.141. The third-order valence-corrected chi connectivity index (χ3v) is 2.64. The molecule has 0 radical (unpaired) electrons. The average molecular weight is 222 g/mol. The van der Waals surface area contributed by atoms with Gasteiger partial charge in [0.2, 0.25) is 5.88 Å². The number of fused-ring (bicyclic) bond motifs is 1. The molecule has 0 spiro atoms. The van der Waals surface area contributed by atoms with Gasteiger partial charge in [-0.3, -0.25) is 0 Å². The molecule has 0 saturated heterocycles. The Morgan fingerprint density at radius 1 is 1.50 bits per heavy atom. The Balaban J connectivity index is 2.18. The second kappa shape index (κ2) is 4.38. The molecule has 1 N–H and O–H groups in total. The molecule has 1 aliphatic rings. The number of pyridine rings is 1. The summed E-state index contributed by atoms with van der Waals surface area (Å²) in [4.78, 5) is 15.7. The summed E-state index contributed by atoms with van der Waals surface area (Å²) < 4.78 is 9.75. The van der Waals surface area contributed by atoms with Crippen LogP contribution in [0.3, 0.4) is 0 Å². The minimum absolute atomic E-state index is 0.235. The van der Waals surface area contributed by atoms with Crippen LogP contribution in [-0.4, -0.2) is 31.2 Å². The van der Waals surface area contributed by atoms with Crippen LogP contribution in [0.5, 0.6) is 5.88 Å². The van der Waals surface area contributed by atoms with Crippen molar-refractivity contribution in [3.63, 3.8) is 0 Å². The molecular formula is C11H14N2O3. The first-order valence-corrected chi connectivity index (χ1v) is 5.13. The van der Waals surface area contributed by atoms with Crippen molar-refractivity contribution in [2.45, 2.75) is 18.9 Å². The van der Waals surface area contributed by atoms with E-state index in [9.17, 15) is 4.79 Å². The molecular weight excluding hydrogens is 208 g/mol. The highest BCUT2D eigenvalue weighted by Crippen LogP contribution is 2.25. The maximum atomic E-state index is 11.4. The second-order valence-corrected chi connectivity index (χ2v) is 3.61. The number of anilines is 1. The normalized spacial score (nSPS) is 18.2. The summed E-state index contributed by atoms with van der Waals surface area (Å²) in [7, 11) is 2.98. The molecule has 0 fully saturated rings. The van der Waals surface area contributed by atoms with Crippen LogP contribution >= 0.6 is 0 Å². The van der Waals surface area contributed by atoms with Crippen LogP contribution in [0.15, 0.2) is 12.1 Å². The van der Waals surface area contributed by atoms with E-state index in [0.717, 1.165) is 17.8 Å². The molecule has 5 nitrogen and oxygen atoms in total. The van der Waals surface area contributed by atoms with E-state index in [-0.39, 0.29) is 12.0 Å². The van der Waals surface area contributed by atoms with Crippen molar-refractivity contribution in [3.05, 3.63) is 17.8 Å². The van der Waals surface area contributed by atoms with Crippen LogP contribution in [0.25, 0.3) is 0 Å². The number of aryl methyl sites for hydroxylation is 1. The summed E-state index contributed by atoms with van der Waals surface area (Å²) in [5, 5.41) is 3.11. The number of carbonyl (C=O) groups is 1. The van der Waals surface area contributed by atoms with Gasteiger partial charge in [-0.15, -0.1) is 0 Å². The van der Waals surface area contributed by atoms with Gasteiger partial charge in [-0.1, -0.05) is 0 Å². The largest absolute Gasteiger partial charge is 0.481 e. The molecule has 86 valence electrons. The highest BCUT2D eigenvalue weighted by atomic mass is 16.5. The SMILES string of the molecule is COC(=O)C1CCc2nc(OC)ccc2N1. The first kappa shape index (κ1) is 10.7. The van der Waals surface area contributed by atoms with Crippen molar-refractivity contribution in [1.29, 1.82) is 0 Å². The predicted molar refractivity (Wildman–Crippen MR) is 58.5 cm³/mol. The zero-order valence-electron chi connectivity index (χ0n) is 9.32. The number of nitrogens with zero attached hydrogens (tertiary/aromatic N) is 1. The van der Waals surface area contributed by atoms with E-state index in [2.05, 4.69) is 10.3 Å². The van der Waals surface area contributed by atoms with Gasteiger partial charge in [0.15, 0.2) is 0 Å². The summed E-state index contributed by atoms with van der Waals surface area (Å²) in [5.74, 6) is 0.360. The van der Waals surface area contributed by atoms with E-state index in [1.54, 1.807) is 13.2 Å². The van der Waals surface area contributed by atoms with E-state index in [4.69, 9.17) is 9.47 Å². The van der Waals surface area contributed by atoms with Crippen molar-refractivity contribution < 1.29 is 14.3 Å². The number of rotatable bonds is 2. The Morgan fingerprint density at radius 3 is 3.00 bits per heavy atom. The molecule has 1 aromatic heterocycles. The topological polar surface area (TPSA) is 60.5 Å². The van der Waals surface area contributed by atoms with Gasteiger partial charge in [0.25, 0.3) is 0 Å². The van der Waals surface area contributed by atoms with Gasteiger partial charge >= 0.3 is 5.97 Å². The van der Waals surface area contributed by atoms with Crippen LogP contribution < -0.4 is 10.1 Å². The van der Waals surface area contributed by atoms with Crippen molar-refractivity contribution in [2.75, 3.05) is 19.5 Å². The first-order valence-electron chi connectivity index (χ1n) is 5.13. The Kier molecular flexibility index (Phi) is 2.94. The Bertz CT molecular complexity index is 406. The molecule has 0 aliphatic carbocycles. The van der Waals surface area contributed by atoms with Crippen LogP contribution in [0.4, 0.5) is 5.69 Å². The molecule has 1 unspecified atom stereocenters. The van der Waals surface area contributed by atoms with Gasteiger partial charge in [0.1, 0.15) is 6.04 Å². The van der Waals surface area contributed by atoms with Crippen LogP contribution in [0.2, 0.25) is 0 Å². The number of nitrogens with one attached hydrogen (secondary N) is 1. The van der Waals surface area contributed by atoms with E-state index in [1.165, 1.54) is 7.11 Å². The van der Waals surface area contributed by atoms with Crippen molar-refractivity contribution in [3.8, 4) is 5.88 Å². The van der Waals surface area contributed by atoms with E-state index >= 15 is 0 Å². The van der Waals surface area contributed by atoms with Gasteiger partial charge in [0, 0.05) is 6.07 Å². The van der Waals surface area contributed by atoms with Crippen molar-refractivity contribution in [1.82, 2.24) is 4.98 Å². The Labute approximate surface area is 93.8 Å². The molecule has 1 aliphatic heterocycles. The summed E-state index contributed by atoms with van der Waals surface area (Å²) >= 11 is 0. The number of hydrogen-bond acceptors (Lipinski definition) is 5. The van der Waals surface area contributed by atoms with E-state index in [1.807, 2.05) is 6.07 Å². The number of carbonyl (C=O) groups excluding carboxylic acids is 1. The minimum atomic E-state index is -0.271. The first-order chi connectivity index (χ1) is 7.74. The number of esters is 1. The van der Waals surface area contributed by atoms with Crippen LogP contribution in [0.1, 0.15) is 12.1 Å². The number of ether oxygens (including phenoxy) is 2. The molecule has 0 saturated carbocycles. The third-order valence-electron chi connectivity index (χ3n) is 2.64. The number of methoxy groups -OCH3 is 2. The highest BCUT2D eigenvalue weighted by molar-refractivity contribution is 5.80. The third kappa shape index (κ3) is 1.93. The van der Waals surface area contributed by atoms with Gasteiger partial charge in [0.05, 0.1) is 25.6 Å². The highest BCUT2D eigenvalue weighted by Gasteiger charge is 2.25. The maximum Gasteiger partial charge on any atom is 0.328 e. The zero-order chi connectivity index (χ0) is 11.5. The predicted octanol–water partition coefficient (Wildman–Crippen LogP) is 0.990. The lowest BCUT2D eigenvalue weighted by atomic mass is 10.0. The lowest BCUT2D eigenvalue weighted by Gasteiger charge is -2.24. The minimum Gasteiger partial charge on any atom is -0.481 e. The molecule has 0 bridgehead atoms. The molecule has 2 heterocycles. The summed E-state index contributed by atoms with van der Waals surface area (Å²) in [5.41, 5.74) is 1.81. The zero-order valence-corrected chi connectivity index (χ0v) is 9.32. The fraction of sp³-hybridized carbons (Fsp3) is 0.455. The molecule has 0 aromatic carbocycles. The number of hydrogen-bond donors (Lipinski definition) is 1. The summed E-state index contributed by atoms with van der Waals surface area (Å²) in [6, 6.07) is 3.37. The van der Waals surface area contributed by atoms with Gasteiger partial charge < -0.3 is 14.8 Å². The molecule has 0 amide bonds. The van der Waals surface area contributed by atoms with Crippen LogP contribution in [0, 0.1) is 0 Å². The molecule has 16 heavy (non-hydrogen) atoms. The molecule has 1 aromatic rings. The van der Waals surface area contributed by atoms with Crippen molar-refractivity contribution in [2.24, 2.45) is 0 Å². The fourth-order valence-corrected chi connectivity index (χ4v) is 1.78. The van der Waals surface area contributed by atoms with Gasteiger partial charge in [-0.2, -0.15) is 0 Å². The summed E-state index contributed by atoms with van der Waals surface area (Å²) in [6.07, 6.45) is 1.44. The van der Waals surface area contributed by atoms with Crippen LogP contribution in [-0.2, 0) is 16.0 Å². The fourth-order valence-electron chi connectivity index (χ4n) is 1.78. The Hall–Kier alpha value is -1.78. The average Bonchev–Trinajstić information content (AvgIpc) is 2.36. The quantitative estimate of drug-likeness (QED) is 0.756. The standard InChI is InChI=1S/C11H14N2O3/c1-15-10-6-5-7-8(13-10)3-4-9(12-7)11(14)16-2/h5-6,9,12H,3-4H2,1-2H3. The van der Waals surface area contributed by atoms with Gasteiger partial charge in [-0.25, -0.2) is 9.78 Å². The van der Waals surface area contributed by atoms with E-state index in [0.29, 0.717) is 12.3 Å². The summed E-state index contributed by atoms with van der Waals surface area (Å²) in [6.45, 7) is 0. The molecule has 1 atom stereocenters. The molecule has 2 rings (SSSR count). The lowest BCUT2D eigenvalue weighted by Crippen LogP contribution is -2.34. The molecule has 5 heteroatoms. The van der Waals surface area contributed by atoms with Gasteiger partial charge in [-0.05, 0) is 18.9 Å². The van der Waals surface area contributed by atoms with Crippen molar-refractivity contribution >= 4 is 11.7 Å².